The molecule has 0 radical (unpaired) electrons. The summed E-state index contributed by atoms with van der Waals surface area (Å²) >= 11 is 0. The first-order chi connectivity index (χ1) is 10.5. The molecule has 2 aromatic carbocycles. The molecule has 1 heterocycles. The molecule has 0 N–H and O–H groups in total. The first-order valence-corrected chi connectivity index (χ1v) is 7.63. The Hall–Kier alpha value is -2.41. The van der Waals surface area contributed by atoms with E-state index in [0.29, 0.717) is 0 Å². The lowest BCUT2D eigenvalue weighted by atomic mass is 9.90. The van der Waals surface area contributed by atoms with E-state index in [-0.39, 0.29) is 5.41 Å². The maximum atomic E-state index is 6.19. The first-order valence-electron chi connectivity index (χ1n) is 7.63. The van der Waals surface area contributed by atoms with E-state index in [0.717, 1.165) is 17.1 Å². The minimum atomic E-state index is -0.0334. The van der Waals surface area contributed by atoms with Gasteiger partial charge < -0.3 is 0 Å². The molecule has 0 fully saturated rings. The SMILES string of the molecule is CC(C)(C)c1cc(-c2ccccc2)cc(-c2ccccc2)[o+]1. The highest BCUT2D eigenvalue weighted by Gasteiger charge is 2.29. The minimum Gasteiger partial charge on any atom is -0.212 e. The van der Waals surface area contributed by atoms with Gasteiger partial charge in [-0.05, 0) is 38.5 Å². The average molecular weight is 289 g/mol. The van der Waals surface area contributed by atoms with Crippen molar-refractivity contribution in [1.82, 2.24) is 0 Å². The highest BCUT2D eigenvalue weighted by Crippen LogP contribution is 2.33. The third-order valence-corrected chi connectivity index (χ3v) is 3.70. The van der Waals surface area contributed by atoms with Gasteiger partial charge in [-0.25, -0.2) is 4.42 Å². The molecule has 0 aliphatic rings. The zero-order valence-corrected chi connectivity index (χ0v) is 13.3. The highest BCUT2D eigenvalue weighted by atomic mass is 16.3. The first kappa shape index (κ1) is 14.5. The van der Waals surface area contributed by atoms with E-state index in [1.807, 2.05) is 24.3 Å². The van der Waals surface area contributed by atoms with Crippen LogP contribution in [-0.2, 0) is 5.41 Å². The van der Waals surface area contributed by atoms with Crippen LogP contribution in [0.5, 0.6) is 0 Å². The summed E-state index contributed by atoms with van der Waals surface area (Å²) in [6, 6.07) is 25.0. The van der Waals surface area contributed by atoms with Gasteiger partial charge in [0.2, 0.25) is 0 Å². The second kappa shape index (κ2) is 5.76. The lowest BCUT2D eigenvalue weighted by Gasteiger charge is -2.10. The largest absolute Gasteiger partial charge is 0.360 e. The third-order valence-electron chi connectivity index (χ3n) is 3.70. The van der Waals surface area contributed by atoms with Gasteiger partial charge in [-0.3, -0.25) is 0 Å². The van der Waals surface area contributed by atoms with Crippen LogP contribution >= 0.6 is 0 Å². The Morgan fingerprint density at radius 2 is 1.18 bits per heavy atom. The van der Waals surface area contributed by atoms with E-state index >= 15 is 0 Å². The number of hydrogen-bond donors (Lipinski definition) is 0. The highest BCUT2D eigenvalue weighted by molar-refractivity contribution is 5.69. The molecule has 0 aliphatic carbocycles. The summed E-state index contributed by atoms with van der Waals surface area (Å²) in [6.45, 7) is 6.53. The minimum absolute atomic E-state index is 0.0334. The Balaban J connectivity index is 2.19. The van der Waals surface area contributed by atoms with Crippen LogP contribution in [0.3, 0.4) is 0 Å². The molecule has 22 heavy (non-hydrogen) atoms. The summed E-state index contributed by atoms with van der Waals surface area (Å²) in [5.74, 6) is 1.90. The molecular formula is C21H21O+. The van der Waals surface area contributed by atoms with Crippen molar-refractivity contribution in [2.75, 3.05) is 0 Å². The number of hydrogen-bond acceptors (Lipinski definition) is 0. The molecule has 3 rings (SSSR count). The predicted molar refractivity (Wildman–Crippen MR) is 92.7 cm³/mol. The second-order valence-electron chi connectivity index (χ2n) is 6.56. The van der Waals surface area contributed by atoms with Crippen LogP contribution in [0.25, 0.3) is 22.5 Å². The molecule has 0 bridgehead atoms. The molecule has 0 aliphatic heterocycles. The van der Waals surface area contributed by atoms with Gasteiger partial charge in [0.25, 0.3) is 0 Å². The topological polar surface area (TPSA) is 11.3 Å². The lowest BCUT2D eigenvalue weighted by molar-refractivity contribution is 0.406. The molecule has 0 spiro atoms. The zero-order chi connectivity index (χ0) is 15.6. The van der Waals surface area contributed by atoms with Gasteiger partial charge in [0, 0.05) is 11.6 Å². The van der Waals surface area contributed by atoms with Crippen LogP contribution in [0, 0.1) is 0 Å². The second-order valence-corrected chi connectivity index (χ2v) is 6.56. The van der Waals surface area contributed by atoms with Crippen LogP contribution < -0.4 is 0 Å². The van der Waals surface area contributed by atoms with E-state index in [1.54, 1.807) is 0 Å². The predicted octanol–water partition coefficient (Wildman–Crippen LogP) is 6.19. The van der Waals surface area contributed by atoms with Crippen molar-refractivity contribution in [2.24, 2.45) is 0 Å². The standard InChI is InChI=1S/C21H21O/c1-21(2,3)20-15-18(16-10-6-4-7-11-16)14-19(22-20)17-12-8-5-9-13-17/h4-15H,1-3H3/q+1. The van der Waals surface area contributed by atoms with E-state index in [4.69, 9.17) is 4.42 Å². The lowest BCUT2D eigenvalue weighted by Crippen LogP contribution is -2.11. The molecule has 0 amide bonds. The van der Waals surface area contributed by atoms with Gasteiger partial charge in [0.05, 0.1) is 17.0 Å². The molecule has 3 aromatic rings. The third kappa shape index (κ3) is 3.09. The summed E-state index contributed by atoms with van der Waals surface area (Å²) < 4.78 is 6.19. The Kier molecular flexibility index (Phi) is 3.81. The molecule has 0 unspecified atom stereocenters. The van der Waals surface area contributed by atoms with E-state index in [2.05, 4.69) is 69.3 Å². The fraction of sp³-hybridized carbons (Fsp3) is 0.190. The van der Waals surface area contributed by atoms with Crippen molar-refractivity contribution in [3.8, 4) is 22.5 Å². The van der Waals surface area contributed by atoms with Crippen LogP contribution in [-0.4, -0.2) is 0 Å². The van der Waals surface area contributed by atoms with Gasteiger partial charge in [-0.1, -0.05) is 48.5 Å². The molecule has 1 aromatic heterocycles. The summed E-state index contributed by atoms with van der Waals surface area (Å²) in [5.41, 5.74) is 3.47. The summed E-state index contributed by atoms with van der Waals surface area (Å²) in [6.07, 6.45) is 0. The van der Waals surface area contributed by atoms with Crippen LogP contribution in [0.1, 0.15) is 26.5 Å². The summed E-state index contributed by atoms with van der Waals surface area (Å²) in [5, 5.41) is 0. The van der Waals surface area contributed by atoms with Crippen LogP contribution in [0.4, 0.5) is 0 Å². The molecule has 0 saturated carbocycles. The fourth-order valence-electron chi connectivity index (χ4n) is 2.41. The van der Waals surface area contributed by atoms with Gasteiger partial charge in [0.1, 0.15) is 0 Å². The van der Waals surface area contributed by atoms with Crippen molar-refractivity contribution in [1.29, 1.82) is 0 Å². The van der Waals surface area contributed by atoms with E-state index < -0.39 is 0 Å². The molecule has 1 heteroatoms. The van der Waals surface area contributed by atoms with Crippen molar-refractivity contribution in [2.45, 2.75) is 26.2 Å². The summed E-state index contributed by atoms with van der Waals surface area (Å²) in [4.78, 5) is 0. The molecule has 0 atom stereocenters. The molecule has 110 valence electrons. The molecular weight excluding hydrogens is 268 g/mol. The molecule has 1 nitrogen and oxygen atoms in total. The van der Waals surface area contributed by atoms with Gasteiger partial charge in [0.15, 0.2) is 0 Å². The monoisotopic (exact) mass is 289 g/mol. The molecule has 0 saturated heterocycles. The fourth-order valence-corrected chi connectivity index (χ4v) is 2.41. The van der Waals surface area contributed by atoms with E-state index in [9.17, 15) is 0 Å². The number of rotatable bonds is 2. The van der Waals surface area contributed by atoms with Crippen LogP contribution in [0.15, 0.2) is 77.2 Å². The Labute approximate surface area is 132 Å². The Bertz CT molecular complexity index is 695. The quantitative estimate of drug-likeness (QED) is 0.512. The summed E-state index contributed by atoms with van der Waals surface area (Å²) in [7, 11) is 0. The van der Waals surface area contributed by atoms with Crippen LogP contribution in [0.2, 0.25) is 0 Å². The van der Waals surface area contributed by atoms with Gasteiger partial charge >= 0.3 is 11.5 Å². The smallest absolute Gasteiger partial charge is 0.212 e. The normalized spacial score (nSPS) is 11.4. The van der Waals surface area contributed by atoms with Crippen molar-refractivity contribution < 1.29 is 4.42 Å². The number of benzene rings is 2. The van der Waals surface area contributed by atoms with E-state index in [1.165, 1.54) is 11.1 Å². The Morgan fingerprint density at radius 1 is 0.636 bits per heavy atom. The van der Waals surface area contributed by atoms with Gasteiger partial charge in [-0.2, -0.15) is 0 Å². The van der Waals surface area contributed by atoms with Crippen molar-refractivity contribution in [3.63, 3.8) is 0 Å². The average Bonchev–Trinajstić information content (AvgIpc) is 2.55. The van der Waals surface area contributed by atoms with Gasteiger partial charge in [-0.15, -0.1) is 0 Å². The Morgan fingerprint density at radius 3 is 1.73 bits per heavy atom. The maximum absolute atomic E-state index is 6.19. The maximum Gasteiger partial charge on any atom is 0.360 e. The van der Waals surface area contributed by atoms with Crippen molar-refractivity contribution in [3.05, 3.63) is 78.6 Å². The van der Waals surface area contributed by atoms with Crippen molar-refractivity contribution >= 4 is 0 Å². The zero-order valence-electron chi connectivity index (χ0n) is 13.3.